The van der Waals surface area contributed by atoms with Gasteiger partial charge in [-0.15, -0.1) is 0 Å². The summed E-state index contributed by atoms with van der Waals surface area (Å²) in [4.78, 5) is 55.2. The lowest BCUT2D eigenvalue weighted by Crippen LogP contribution is -2.54. The number of ether oxygens (including phenoxy) is 6. The second-order valence-corrected chi connectivity index (χ2v) is 22.8. The Kier molecular flexibility index (Phi) is 17.9. The standard InChI is InChI=1S/C52H62F4N7O11P/c1-32(2)75(68,33(3)4)63(26-11-25-57)45-40(73-48(46(45)71-7)62-29-24-43(65)59-50(62)67)30-60(52(54,55)56)27-22-39-41(74-47(44(39)53)61-28-23-42(64)58-49(61)66)31-72-51(34-12-9-8-10-13-34,35-14-18-37(69-5)19-15-35)36-16-20-38(70-6)21-17-36/h8-10,12-21,23-24,28-29,32-33,39-41,44-48H,11,22,26-27,30-31H2,1-7H3,(H,58,64,66)(H,59,65,67)/t39-,40-,41-,44-,45-,46-,47-,48-/m1/s1. The summed E-state index contributed by atoms with van der Waals surface area (Å²) in [6.45, 7) is 4.37. The minimum absolute atomic E-state index is 0.126. The summed E-state index contributed by atoms with van der Waals surface area (Å²) in [5.41, 5.74) is -4.29. The van der Waals surface area contributed by atoms with Gasteiger partial charge in [-0.25, -0.2) is 23.5 Å². The number of nitriles is 1. The van der Waals surface area contributed by atoms with E-state index in [-0.39, 0.29) is 17.9 Å². The molecule has 23 heteroatoms. The summed E-state index contributed by atoms with van der Waals surface area (Å²) in [5.74, 6) is -0.336. The van der Waals surface area contributed by atoms with Crippen LogP contribution in [0.1, 0.15) is 69.7 Å². The Hall–Kier alpha value is -6.18. The number of hydrogen-bond donors (Lipinski definition) is 2. The van der Waals surface area contributed by atoms with Crippen molar-refractivity contribution in [3.05, 3.63) is 162 Å². The predicted octanol–water partition coefficient (Wildman–Crippen LogP) is 6.77. The number of aromatic amines is 2. The highest BCUT2D eigenvalue weighted by atomic mass is 31.2. The number of nitrogens with zero attached hydrogens (tertiary/aromatic N) is 5. The molecule has 7 rings (SSSR count). The molecule has 8 atom stereocenters. The molecule has 404 valence electrons. The number of nitrogens with one attached hydrogen (secondary N) is 2. The fraction of sp³-hybridized carbons (Fsp3) is 0.481. The van der Waals surface area contributed by atoms with E-state index in [4.69, 9.17) is 28.4 Å². The zero-order valence-corrected chi connectivity index (χ0v) is 43.4. The first-order valence-electron chi connectivity index (χ1n) is 24.4. The summed E-state index contributed by atoms with van der Waals surface area (Å²) >= 11 is 0. The number of halogens is 4. The van der Waals surface area contributed by atoms with E-state index in [1.54, 1.807) is 88.4 Å². The van der Waals surface area contributed by atoms with E-state index in [2.05, 4.69) is 9.97 Å². The van der Waals surface area contributed by atoms with E-state index in [0.717, 1.165) is 33.7 Å². The summed E-state index contributed by atoms with van der Waals surface area (Å²) in [6, 6.07) is 26.0. The number of methoxy groups -OCH3 is 3. The minimum atomic E-state index is -5.13. The predicted molar refractivity (Wildman–Crippen MR) is 269 cm³/mol. The summed E-state index contributed by atoms with van der Waals surface area (Å²) in [5, 5.41) is 9.81. The third-order valence-electron chi connectivity index (χ3n) is 14.1. The van der Waals surface area contributed by atoms with E-state index in [0.29, 0.717) is 28.2 Å². The number of H-pyrrole nitrogens is 2. The molecule has 0 spiro atoms. The first kappa shape index (κ1) is 56.5. The van der Waals surface area contributed by atoms with E-state index >= 15 is 22.1 Å². The van der Waals surface area contributed by atoms with Crippen molar-refractivity contribution in [1.82, 2.24) is 28.7 Å². The first-order valence-corrected chi connectivity index (χ1v) is 26.2. The SMILES string of the molecule is COc1ccc(C(OC[C@H]2O[C@@H](n3ccc(=O)[nH]c3=O)[C@H](F)[C@@H]2CCN(C[C@H]2O[C@@H](n3ccc(=O)[nH]c3=O)[C@H](OC)[C@@H]2N(CCC#N)P(=O)(C(C)C)C(C)C)C(F)(F)F)(c2ccccc2)c2ccc(OC)cc2)cc1. The molecule has 4 heterocycles. The third kappa shape index (κ3) is 11.6. The van der Waals surface area contributed by atoms with Crippen molar-refractivity contribution >= 4 is 7.29 Å². The number of benzene rings is 3. The maximum absolute atomic E-state index is 17.4. The second kappa shape index (κ2) is 23.8. The van der Waals surface area contributed by atoms with Gasteiger partial charge in [-0.05, 0) is 47.4 Å². The van der Waals surface area contributed by atoms with Crippen LogP contribution in [0.2, 0.25) is 0 Å². The highest BCUT2D eigenvalue weighted by Gasteiger charge is 2.56. The van der Waals surface area contributed by atoms with Crippen LogP contribution in [0.5, 0.6) is 11.5 Å². The number of rotatable bonds is 22. The van der Waals surface area contributed by atoms with Crippen molar-refractivity contribution in [3.8, 4) is 17.6 Å². The lowest BCUT2D eigenvalue weighted by atomic mass is 9.80. The van der Waals surface area contributed by atoms with Crippen molar-refractivity contribution in [2.45, 2.75) is 107 Å². The van der Waals surface area contributed by atoms with Gasteiger partial charge in [-0.1, -0.05) is 82.3 Å². The molecule has 0 amide bonds. The highest BCUT2D eigenvalue weighted by Crippen LogP contribution is 2.61. The molecule has 2 fully saturated rings. The van der Waals surface area contributed by atoms with E-state index in [1.165, 1.54) is 26.0 Å². The van der Waals surface area contributed by atoms with Gasteiger partial charge in [0.25, 0.3) is 11.1 Å². The van der Waals surface area contributed by atoms with Crippen LogP contribution in [0.4, 0.5) is 17.6 Å². The van der Waals surface area contributed by atoms with Gasteiger partial charge < -0.3 is 33.0 Å². The van der Waals surface area contributed by atoms with Gasteiger partial charge in [0, 0.05) is 74.9 Å². The van der Waals surface area contributed by atoms with Crippen LogP contribution in [0, 0.1) is 17.2 Å². The minimum Gasteiger partial charge on any atom is -0.497 e. The van der Waals surface area contributed by atoms with E-state index in [9.17, 15) is 24.4 Å². The number of alkyl halides is 4. The molecule has 2 aliphatic heterocycles. The van der Waals surface area contributed by atoms with Gasteiger partial charge in [0.05, 0.1) is 45.1 Å². The van der Waals surface area contributed by atoms with Gasteiger partial charge in [0.15, 0.2) is 25.9 Å². The van der Waals surface area contributed by atoms with Gasteiger partial charge in [-0.3, -0.25) is 28.7 Å². The zero-order valence-electron chi connectivity index (χ0n) is 42.5. The van der Waals surface area contributed by atoms with Crippen molar-refractivity contribution in [1.29, 1.82) is 5.26 Å². The molecule has 2 saturated heterocycles. The van der Waals surface area contributed by atoms with Gasteiger partial charge in [0.2, 0.25) is 0 Å². The fourth-order valence-electron chi connectivity index (χ4n) is 10.5. The molecular weight excluding hydrogens is 1010 g/mol. The molecule has 75 heavy (non-hydrogen) atoms. The molecule has 18 nitrogen and oxygen atoms in total. The Bertz CT molecular complexity index is 2980. The van der Waals surface area contributed by atoms with E-state index in [1.807, 2.05) is 24.3 Å². The molecule has 0 radical (unpaired) electrons. The van der Waals surface area contributed by atoms with Crippen molar-refractivity contribution < 1.29 is 50.5 Å². The molecule has 0 bridgehead atoms. The van der Waals surface area contributed by atoms with Crippen LogP contribution in [-0.4, -0.2) is 124 Å². The van der Waals surface area contributed by atoms with Crippen LogP contribution in [-0.2, 0) is 29.1 Å². The van der Waals surface area contributed by atoms with Crippen LogP contribution >= 0.6 is 7.29 Å². The monoisotopic (exact) mass is 1070 g/mol. The normalized spacial score (nSPS) is 22.3. The summed E-state index contributed by atoms with van der Waals surface area (Å²) < 4.78 is 120. The molecule has 2 aromatic heterocycles. The molecule has 0 saturated carbocycles. The Morgan fingerprint density at radius 1 is 0.733 bits per heavy atom. The fourth-order valence-corrected chi connectivity index (χ4v) is 13.9. The largest absolute Gasteiger partial charge is 0.497 e. The molecule has 2 N–H and O–H groups in total. The number of hydrogen-bond acceptors (Lipinski definition) is 13. The lowest BCUT2D eigenvalue weighted by molar-refractivity contribution is -0.254. The average molecular weight is 1070 g/mol. The zero-order chi connectivity index (χ0) is 54.4. The van der Waals surface area contributed by atoms with E-state index < -0.39 is 128 Å². The Morgan fingerprint density at radius 3 is 1.71 bits per heavy atom. The molecule has 2 aliphatic rings. The highest BCUT2D eigenvalue weighted by molar-refractivity contribution is 7.62. The van der Waals surface area contributed by atoms with Crippen molar-refractivity contribution in [3.63, 3.8) is 0 Å². The molecule has 0 unspecified atom stereocenters. The molecular formula is C52H62F4N7O11P. The quantitative estimate of drug-likeness (QED) is 0.0317. The smallest absolute Gasteiger partial charge is 0.460 e. The van der Waals surface area contributed by atoms with Crippen LogP contribution in [0.25, 0.3) is 0 Å². The van der Waals surface area contributed by atoms with Crippen molar-refractivity contribution in [2.24, 2.45) is 5.92 Å². The van der Waals surface area contributed by atoms with Gasteiger partial charge >= 0.3 is 17.7 Å². The Balaban J connectivity index is 1.30. The maximum atomic E-state index is 17.4. The summed E-state index contributed by atoms with van der Waals surface area (Å²) in [6.07, 6.45) is -13.2. The first-order chi connectivity index (χ1) is 35.7. The van der Waals surface area contributed by atoms with Crippen LogP contribution in [0.3, 0.4) is 0 Å². The second-order valence-electron chi connectivity index (χ2n) is 18.9. The summed E-state index contributed by atoms with van der Waals surface area (Å²) in [7, 11) is 0.674. The van der Waals surface area contributed by atoms with Crippen LogP contribution in [0.15, 0.2) is 123 Å². The topological polar surface area (TPSA) is 212 Å². The average Bonchev–Trinajstić information content (AvgIpc) is 3.90. The number of aromatic nitrogens is 4. The van der Waals surface area contributed by atoms with Crippen LogP contribution < -0.4 is 32.0 Å². The lowest BCUT2D eigenvalue weighted by Gasteiger charge is -2.44. The molecule has 5 aromatic rings. The van der Waals surface area contributed by atoms with Gasteiger partial charge in [0.1, 0.15) is 23.2 Å². The Morgan fingerprint density at radius 2 is 1.24 bits per heavy atom. The third-order valence-corrected chi connectivity index (χ3v) is 18.3. The van der Waals surface area contributed by atoms with Gasteiger partial charge in [-0.2, -0.15) is 18.4 Å². The van der Waals surface area contributed by atoms with Crippen molar-refractivity contribution in [2.75, 3.05) is 47.6 Å². The maximum Gasteiger partial charge on any atom is 0.460 e. The molecule has 0 aliphatic carbocycles. The molecule has 3 aromatic carbocycles. The Labute approximate surface area is 430 Å².